The Balaban J connectivity index is 1.49. The molecule has 0 aromatic heterocycles. The molecule has 4 rings (SSSR count). The van der Waals surface area contributed by atoms with Gasteiger partial charge < -0.3 is 24.7 Å². The highest BCUT2D eigenvalue weighted by atomic mass is 32.2. The second kappa shape index (κ2) is 14.4. The summed E-state index contributed by atoms with van der Waals surface area (Å²) in [7, 11) is 4.70. The Morgan fingerprint density at radius 1 is 1.02 bits per heavy atom. The highest BCUT2D eigenvalue weighted by molar-refractivity contribution is 7.99. The minimum absolute atomic E-state index is 0.0402. The second-order valence-electron chi connectivity index (χ2n) is 10.2. The zero-order chi connectivity index (χ0) is 28.5. The minimum Gasteiger partial charge on any atom is -0.496 e. The largest absolute Gasteiger partial charge is 0.496 e. The first-order chi connectivity index (χ1) is 19.4. The topological polar surface area (TPSA) is 110 Å². The summed E-state index contributed by atoms with van der Waals surface area (Å²) in [5, 5.41) is 16.5. The van der Waals surface area contributed by atoms with Crippen molar-refractivity contribution < 1.29 is 29.0 Å². The first-order valence-electron chi connectivity index (χ1n) is 13.7. The van der Waals surface area contributed by atoms with Crippen LogP contribution in [0.5, 0.6) is 11.5 Å². The number of likely N-dealkylation sites (tertiary alicyclic amines) is 1. The number of benzene rings is 2. The third-order valence-corrected chi connectivity index (χ3v) is 8.54. The lowest BCUT2D eigenvalue weighted by molar-refractivity contribution is -0.141. The number of aliphatic carboxylic acids is 1. The van der Waals surface area contributed by atoms with Crippen molar-refractivity contribution in [3.05, 3.63) is 47.5 Å². The Kier molecular flexibility index (Phi) is 10.7. The van der Waals surface area contributed by atoms with Gasteiger partial charge >= 0.3 is 5.97 Å². The van der Waals surface area contributed by atoms with Crippen LogP contribution in [-0.4, -0.2) is 79.6 Å². The number of rotatable bonds is 12. The molecular weight excluding hydrogens is 530 g/mol. The molecule has 2 heterocycles. The summed E-state index contributed by atoms with van der Waals surface area (Å²) in [6.45, 7) is 3.06. The summed E-state index contributed by atoms with van der Waals surface area (Å²) in [6, 6.07) is 10.6. The predicted octanol–water partition coefficient (Wildman–Crippen LogP) is 4.22. The molecule has 2 aromatic carbocycles. The minimum atomic E-state index is -1.11. The van der Waals surface area contributed by atoms with Crippen LogP contribution in [0.1, 0.15) is 36.8 Å². The van der Waals surface area contributed by atoms with E-state index < -0.39 is 17.9 Å². The van der Waals surface area contributed by atoms with Crippen molar-refractivity contribution in [2.24, 2.45) is 11.1 Å². The number of methoxy groups -OCH3 is 2. The van der Waals surface area contributed by atoms with Gasteiger partial charge in [0.2, 0.25) is 0 Å². The van der Waals surface area contributed by atoms with Crippen LogP contribution in [0.2, 0.25) is 0 Å². The zero-order valence-corrected chi connectivity index (χ0v) is 24.3. The third-order valence-electron chi connectivity index (χ3n) is 7.49. The molecule has 1 amide bonds. The highest BCUT2D eigenvalue weighted by Crippen LogP contribution is 2.40. The summed E-state index contributed by atoms with van der Waals surface area (Å²) < 4.78 is 11.5. The van der Waals surface area contributed by atoms with E-state index in [0.717, 1.165) is 77.7 Å². The Bertz CT molecular complexity index is 1170. The molecule has 40 heavy (non-hydrogen) atoms. The lowest BCUT2D eigenvalue weighted by atomic mass is 9.95. The molecule has 1 atom stereocenters. The number of carboxylic acids is 1. The normalized spacial score (nSPS) is 17.3. The number of carbonyl (C=O) groups excluding carboxylic acids is 1. The van der Waals surface area contributed by atoms with E-state index >= 15 is 0 Å². The van der Waals surface area contributed by atoms with E-state index in [2.05, 4.69) is 27.5 Å². The maximum absolute atomic E-state index is 13.0. The molecule has 2 aliphatic rings. The molecule has 10 heteroatoms. The number of hydrogen-bond donors (Lipinski definition) is 2. The number of carboxylic acid groups (broad SMARTS) is 1. The summed E-state index contributed by atoms with van der Waals surface area (Å²) in [4.78, 5) is 32.5. The standard InChI is InChI=1S/C30H39N3O6S/c1-37-25-17-21(19-33-12-4-5-13-33)18-26(38-2)27(25)22-8-6-20(7-9-22)16-24(30(35)36)31-29(34)28(32-39-3)23-10-14-40-15-11-23/h6-9,17-18,23-24H,4-5,10-16,19H2,1-3H3,(H,31,34)(H,35,36)/t24-/m0/s1. The lowest BCUT2D eigenvalue weighted by Crippen LogP contribution is -2.47. The fourth-order valence-electron chi connectivity index (χ4n) is 5.39. The average Bonchev–Trinajstić information content (AvgIpc) is 3.48. The molecule has 2 aromatic rings. The van der Waals surface area contributed by atoms with Gasteiger partial charge in [0.05, 0.1) is 19.8 Å². The van der Waals surface area contributed by atoms with E-state index in [0.29, 0.717) is 0 Å². The van der Waals surface area contributed by atoms with Crippen LogP contribution in [0.15, 0.2) is 41.6 Å². The van der Waals surface area contributed by atoms with Crippen molar-refractivity contribution in [3.63, 3.8) is 0 Å². The van der Waals surface area contributed by atoms with Crippen LogP contribution in [0.4, 0.5) is 0 Å². The third kappa shape index (κ3) is 7.48. The predicted molar refractivity (Wildman–Crippen MR) is 157 cm³/mol. The van der Waals surface area contributed by atoms with Gasteiger partial charge in [0, 0.05) is 18.9 Å². The van der Waals surface area contributed by atoms with Crippen LogP contribution in [-0.2, 0) is 27.4 Å². The molecule has 0 radical (unpaired) electrons. The number of thioether (sulfide) groups is 1. The molecule has 2 saturated heterocycles. The van der Waals surface area contributed by atoms with Crippen LogP contribution in [0.3, 0.4) is 0 Å². The summed E-state index contributed by atoms with van der Waals surface area (Å²) >= 11 is 1.84. The van der Waals surface area contributed by atoms with Crippen LogP contribution in [0, 0.1) is 5.92 Å². The van der Waals surface area contributed by atoms with Gasteiger partial charge in [0.25, 0.3) is 5.91 Å². The van der Waals surface area contributed by atoms with E-state index in [-0.39, 0.29) is 18.1 Å². The van der Waals surface area contributed by atoms with Gasteiger partial charge in [0.15, 0.2) is 0 Å². The molecule has 0 bridgehead atoms. The Morgan fingerprint density at radius 3 is 2.20 bits per heavy atom. The van der Waals surface area contributed by atoms with Gasteiger partial charge in [-0.1, -0.05) is 29.4 Å². The number of carbonyl (C=O) groups is 2. The maximum Gasteiger partial charge on any atom is 0.326 e. The van der Waals surface area contributed by atoms with E-state index in [1.165, 1.54) is 20.0 Å². The quantitative estimate of drug-likeness (QED) is 0.289. The van der Waals surface area contributed by atoms with Gasteiger partial charge in [0.1, 0.15) is 30.4 Å². The summed E-state index contributed by atoms with van der Waals surface area (Å²) in [5.41, 5.74) is 3.91. The van der Waals surface area contributed by atoms with Crippen molar-refractivity contribution in [1.29, 1.82) is 0 Å². The van der Waals surface area contributed by atoms with Crippen LogP contribution < -0.4 is 14.8 Å². The molecule has 0 saturated carbocycles. The van der Waals surface area contributed by atoms with E-state index in [1.54, 1.807) is 14.2 Å². The van der Waals surface area contributed by atoms with Crippen molar-refractivity contribution in [2.45, 2.75) is 44.7 Å². The van der Waals surface area contributed by atoms with E-state index in [1.807, 2.05) is 36.0 Å². The van der Waals surface area contributed by atoms with Crippen molar-refractivity contribution in [2.75, 3.05) is 45.9 Å². The smallest absolute Gasteiger partial charge is 0.326 e. The lowest BCUT2D eigenvalue weighted by Gasteiger charge is -2.23. The van der Waals surface area contributed by atoms with Crippen LogP contribution >= 0.6 is 11.8 Å². The monoisotopic (exact) mass is 569 g/mol. The number of nitrogens with one attached hydrogen (secondary N) is 1. The Hall–Kier alpha value is -3.24. The Morgan fingerprint density at radius 2 is 1.65 bits per heavy atom. The zero-order valence-electron chi connectivity index (χ0n) is 23.5. The first-order valence-corrected chi connectivity index (χ1v) is 14.9. The van der Waals surface area contributed by atoms with Crippen LogP contribution in [0.25, 0.3) is 11.1 Å². The van der Waals surface area contributed by atoms with Crippen molar-refractivity contribution in [1.82, 2.24) is 10.2 Å². The molecule has 0 spiro atoms. The average molecular weight is 570 g/mol. The fourth-order valence-corrected chi connectivity index (χ4v) is 6.49. The van der Waals surface area contributed by atoms with Crippen molar-refractivity contribution >= 4 is 29.4 Å². The number of ether oxygens (including phenoxy) is 2. The number of hydrogen-bond acceptors (Lipinski definition) is 8. The van der Waals surface area contributed by atoms with Crippen molar-refractivity contribution in [3.8, 4) is 22.6 Å². The molecular formula is C30H39N3O6S. The van der Waals surface area contributed by atoms with Gasteiger partial charge in [-0.25, -0.2) is 4.79 Å². The Labute approximate surface area is 240 Å². The highest BCUT2D eigenvalue weighted by Gasteiger charge is 2.29. The van der Waals surface area contributed by atoms with E-state index in [4.69, 9.17) is 14.3 Å². The molecule has 216 valence electrons. The van der Waals surface area contributed by atoms with Gasteiger partial charge in [-0.3, -0.25) is 9.69 Å². The summed E-state index contributed by atoms with van der Waals surface area (Å²) in [5.74, 6) is 1.68. The number of nitrogens with zero attached hydrogens (tertiary/aromatic N) is 2. The van der Waals surface area contributed by atoms with E-state index in [9.17, 15) is 14.7 Å². The number of oxime groups is 1. The molecule has 0 unspecified atom stereocenters. The van der Waals surface area contributed by atoms with Gasteiger partial charge in [-0.15, -0.1) is 0 Å². The molecule has 0 aliphatic carbocycles. The first kappa shape index (κ1) is 29.7. The fraction of sp³-hybridized carbons (Fsp3) is 0.500. The number of amides is 1. The maximum atomic E-state index is 13.0. The molecule has 2 fully saturated rings. The molecule has 2 N–H and O–H groups in total. The SMILES string of the molecule is CON=C(C(=O)N[C@@H](Cc1ccc(-c2c(OC)cc(CN3CCCC3)cc2OC)cc1)C(=O)O)C1CCSCC1. The molecule has 2 aliphatic heterocycles. The van der Waals surface area contributed by atoms with Gasteiger partial charge in [-0.05, 0) is 79.1 Å². The second-order valence-corrected chi connectivity index (χ2v) is 11.4. The summed E-state index contributed by atoms with van der Waals surface area (Å²) in [6.07, 6.45) is 4.21. The van der Waals surface area contributed by atoms with Gasteiger partial charge in [-0.2, -0.15) is 11.8 Å². The molecule has 9 nitrogen and oxygen atoms in total.